The second kappa shape index (κ2) is 7.75. The van der Waals surface area contributed by atoms with Gasteiger partial charge in [-0.2, -0.15) is 0 Å². The third-order valence-corrected chi connectivity index (χ3v) is 2.39. The number of benzene rings is 1. The first-order chi connectivity index (χ1) is 7.80. The van der Waals surface area contributed by atoms with Gasteiger partial charge in [0.1, 0.15) is 5.75 Å². The Morgan fingerprint density at radius 3 is 2.39 bits per heavy atom. The van der Waals surface area contributed by atoms with Crippen LogP contribution in [-0.2, 0) is 0 Å². The zero-order valence-electron chi connectivity index (χ0n) is 11.0. The molecule has 94 valence electrons. The van der Waals surface area contributed by atoms with Crippen molar-refractivity contribution in [2.24, 2.45) is 0 Å². The summed E-state index contributed by atoms with van der Waals surface area (Å²) in [6.07, 6.45) is 0.698. The van der Waals surface area contributed by atoms with Crippen molar-refractivity contribution in [1.29, 1.82) is 0 Å². The number of hydrogen-bond donors (Lipinski definition) is 0. The molecule has 1 aromatic rings. The van der Waals surface area contributed by atoms with Crippen LogP contribution in [0.15, 0.2) is 30.4 Å². The number of ether oxygens (including phenoxy) is 1. The second-order valence-corrected chi connectivity index (χ2v) is 4.15. The Morgan fingerprint density at radius 1 is 1.33 bits per heavy atom. The van der Waals surface area contributed by atoms with Crippen LogP contribution in [0.25, 0.3) is 0 Å². The maximum atomic E-state index is 12.5. The zero-order chi connectivity index (χ0) is 13.1. The molecule has 0 atom stereocenters. The quantitative estimate of drug-likeness (QED) is 0.561. The van der Waals surface area contributed by atoms with Gasteiger partial charge in [0, 0.05) is 6.42 Å². The van der Waals surface area contributed by atoms with E-state index in [9.17, 15) is 12.9 Å². The molecule has 0 fully saturated rings. The van der Waals surface area contributed by atoms with Crippen LogP contribution < -0.4 is 61.6 Å². The Morgan fingerprint density at radius 2 is 1.94 bits per heavy atom. The van der Waals surface area contributed by atoms with Gasteiger partial charge in [0.15, 0.2) is 0 Å². The molecular weight excluding hydrogens is 267 g/mol. The number of rotatable bonds is 5. The molecule has 0 aliphatic carbocycles. The Hall–Kier alpha value is 0.251. The fourth-order valence-electron chi connectivity index (χ4n) is 1.45. The summed E-state index contributed by atoms with van der Waals surface area (Å²) in [4.78, 5) is 0. The molecule has 6 heteroatoms. The average Bonchev–Trinajstić information content (AvgIpc) is 2.14. The van der Waals surface area contributed by atoms with Crippen molar-refractivity contribution in [2.75, 3.05) is 6.61 Å². The molecule has 0 N–H and O–H groups in total. The smallest absolute Gasteiger partial charge is 0.493 e. The van der Waals surface area contributed by atoms with Crippen molar-refractivity contribution in [3.8, 4) is 5.75 Å². The molecule has 0 bridgehead atoms. The first-order valence-corrected chi connectivity index (χ1v) is 5.38. The predicted octanol–water partition coefficient (Wildman–Crippen LogP) is 0.398. The summed E-state index contributed by atoms with van der Waals surface area (Å²) < 4.78 is 43.0. The molecule has 1 nitrogen and oxygen atoms in total. The fourth-order valence-corrected chi connectivity index (χ4v) is 1.45. The van der Waals surface area contributed by atoms with Crippen LogP contribution in [0.2, 0.25) is 0 Å². The van der Waals surface area contributed by atoms with E-state index in [2.05, 4.69) is 6.58 Å². The normalized spacial score (nSPS) is 10.7. The maximum Gasteiger partial charge on any atom is 1.00 e. The van der Waals surface area contributed by atoms with Gasteiger partial charge in [-0.25, -0.2) is 0 Å². The van der Waals surface area contributed by atoms with Gasteiger partial charge in [-0.15, -0.1) is 12.0 Å². The Bertz CT molecular complexity index is 418. The van der Waals surface area contributed by atoms with Gasteiger partial charge in [0.25, 0.3) is 0 Å². The molecule has 0 saturated carbocycles. The van der Waals surface area contributed by atoms with Crippen molar-refractivity contribution in [3.63, 3.8) is 0 Å². The van der Waals surface area contributed by atoms with Crippen LogP contribution in [0.5, 0.6) is 5.75 Å². The van der Waals surface area contributed by atoms with Crippen molar-refractivity contribution >= 4 is 12.4 Å². The predicted molar refractivity (Wildman–Crippen MR) is 64.8 cm³/mol. The molecule has 0 aliphatic heterocycles. The molecule has 0 unspecified atom stereocenters. The van der Waals surface area contributed by atoms with Crippen molar-refractivity contribution in [3.05, 3.63) is 35.9 Å². The molecule has 1 aromatic carbocycles. The van der Waals surface area contributed by atoms with Crippen molar-refractivity contribution in [2.45, 2.75) is 20.3 Å². The third-order valence-electron chi connectivity index (χ3n) is 2.39. The van der Waals surface area contributed by atoms with Crippen LogP contribution in [0.4, 0.5) is 12.9 Å². The largest absolute Gasteiger partial charge is 1.00 e. The SMILES string of the molecule is C=C(C)CCOc1ccc([B-](F)(F)F)c(C)c1.[K+]. The van der Waals surface area contributed by atoms with E-state index in [4.69, 9.17) is 4.74 Å². The summed E-state index contributed by atoms with van der Waals surface area (Å²) >= 11 is 0. The van der Waals surface area contributed by atoms with Gasteiger partial charge in [0.05, 0.1) is 6.61 Å². The molecule has 18 heavy (non-hydrogen) atoms. The standard InChI is InChI=1S/C12H15BF3O.K/c1-9(2)6-7-17-11-4-5-12(10(3)8-11)13(14,15)16;/h4-5,8H,1,6-7H2,2-3H3;/q-1;+1. The van der Waals surface area contributed by atoms with Gasteiger partial charge < -0.3 is 17.7 Å². The van der Waals surface area contributed by atoms with E-state index in [-0.39, 0.29) is 56.9 Å². The van der Waals surface area contributed by atoms with E-state index in [0.29, 0.717) is 18.8 Å². The first kappa shape index (κ1) is 18.3. The molecule has 0 heterocycles. The molecule has 1 rings (SSSR count). The first-order valence-electron chi connectivity index (χ1n) is 5.38. The Labute approximate surface area is 148 Å². The Kier molecular flexibility index (Phi) is 7.86. The molecule has 0 aliphatic rings. The minimum atomic E-state index is -4.94. The van der Waals surface area contributed by atoms with E-state index in [1.807, 2.05) is 6.92 Å². The van der Waals surface area contributed by atoms with E-state index in [1.54, 1.807) is 0 Å². The summed E-state index contributed by atoms with van der Waals surface area (Å²) in [5.74, 6) is 0.465. The second-order valence-electron chi connectivity index (χ2n) is 4.15. The molecule has 0 spiro atoms. The summed E-state index contributed by atoms with van der Waals surface area (Å²) in [6.45, 7) is 2.54. The number of aryl methyl sites for hydroxylation is 1. The Balaban J connectivity index is 0.00000289. The van der Waals surface area contributed by atoms with Gasteiger partial charge in [-0.05, 0) is 26.0 Å². The monoisotopic (exact) mass is 282 g/mol. The summed E-state index contributed by atoms with van der Waals surface area (Å²) in [6, 6.07) is 3.85. The minimum Gasteiger partial charge on any atom is -0.493 e. The van der Waals surface area contributed by atoms with Gasteiger partial charge >= 0.3 is 58.4 Å². The van der Waals surface area contributed by atoms with Crippen LogP contribution in [0, 0.1) is 6.92 Å². The summed E-state index contributed by atoms with van der Waals surface area (Å²) in [7, 11) is 0. The van der Waals surface area contributed by atoms with E-state index >= 15 is 0 Å². The number of halogens is 3. The van der Waals surface area contributed by atoms with Crippen molar-refractivity contribution in [1.82, 2.24) is 0 Å². The molecule has 0 saturated heterocycles. The average molecular weight is 282 g/mol. The zero-order valence-corrected chi connectivity index (χ0v) is 14.1. The van der Waals surface area contributed by atoms with Gasteiger partial charge in [-0.1, -0.05) is 17.2 Å². The maximum absolute atomic E-state index is 12.5. The molecule has 0 aromatic heterocycles. The minimum absolute atomic E-state index is 0. The molecular formula is C12H15BF3KO. The topological polar surface area (TPSA) is 9.23 Å². The van der Waals surface area contributed by atoms with Crippen LogP contribution in [0.1, 0.15) is 18.9 Å². The fraction of sp³-hybridized carbons (Fsp3) is 0.333. The van der Waals surface area contributed by atoms with Gasteiger partial charge in [-0.3, -0.25) is 0 Å². The van der Waals surface area contributed by atoms with E-state index in [0.717, 1.165) is 11.6 Å². The summed E-state index contributed by atoms with van der Waals surface area (Å²) in [5.41, 5.74) is 0.625. The van der Waals surface area contributed by atoms with Gasteiger partial charge in [0.2, 0.25) is 0 Å². The van der Waals surface area contributed by atoms with Crippen molar-refractivity contribution < 1.29 is 69.1 Å². The number of hydrogen-bond acceptors (Lipinski definition) is 1. The third kappa shape index (κ3) is 5.93. The van der Waals surface area contributed by atoms with E-state index < -0.39 is 12.4 Å². The van der Waals surface area contributed by atoms with Crippen LogP contribution >= 0.6 is 0 Å². The van der Waals surface area contributed by atoms with Crippen LogP contribution in [-0.4, -0.2) is 13.6 Å². The van der Waals surface area contributed by atoms with Crippen LogP contribution in [0.3, 0.4) is 0 Å². The molecule has 0 amide bonds. The summed E-state index contributed by atoms with van der Waals surface area (Å²) in [5, 5.41) is 0. The van der Waals surface area contributed by atoms with E-state index in [1.165, 1.54) is 19.1 Å². The molecule has 0 radical (unpaired) electrons.